The molecule has 2 aliphatic rings. The van der Waals surface area contributed by atoms with Crippen LogP contribution in [0.3, 0.4) is 0 Å². The minimum absolute atomic E-state index is 0.200. The number of carbonyl (C=O) groups excluding carboxylic acids is 2. The second-order valence-electron chi connectivity index (χ2n) is 9.51. The summed E-state index contributed by atoms with van der Waals surface area (Å²) in [4.78, 5) is 25.8. The summed E-state index contributed by atoms with van der Waals surface area (Å²) in [5.74, 6) is 1.26. The molecular formula is C29H29NO6. The number of ether oxygens (including phenoxy) is 2. The largest absolute Gasteiger partial charge is 0.454 e. The zero-order valence-electron chi connectivity index (χ0n) is 20.1. The molecule has 0 spiro atoms. The first-order valence-corrected chi connectivity index (χ1v) is 12.1. The molecule has 0 radical (unpaired) electrons. The van der Waals surface area contributed by atoms with Crippen molar-refractivity contribution in [2.75, 3.05) is 20.0 Å². The molecule has 0 atom stereocenters. The van der Waals surface area contributed by atoms with Crippen LogP contribution in [-0.4, -0.2) is 48.0 Å². The minimum atomic E-state index is -0.693. The van der Waals surface area contributed by atoms with Crippen LogP contribution in [0.25, 0.3) is 11.1 Å². The number of carbonyl (C=O) groups is 2. The van der Waals surface area contributed by atoms with E-state index in [1.54, 1.807) is 12.1 Å². The molecule has 0 bridgehead atoms. The number of hydrogen-bond donors (Lipinski definition) is 3. The molecule has 7 nitrogen and oxygen atoms in total. The molecule has 3 aromatic rings. The Kier molecular flexibility index (Phi) is 6.51. The van der Waals surface area contributed by atoms with Gasteiger partial charge in [-0.25, -0.2) is 0 Å². The summed E-state index contributed by atoms with van der Waals surface area (Å²) in [7, 11) is 0. The van der Waals surface area contributed by atoms with E-state index in [2.05, 4.69) is 5.32 Å². The predicted molar refractivity (Wildman–Crippen MR) is 134 cm³/mol. The molecule has 0 unspecified atom stereocenters. The quantitative estimate of drug-likeness (QED) is 0.428. The highest BCUT2D eigenvalue weighted by Crippen LogP contribution is 2.51. The molecule has 1 fully saturated rings. The minimum Gasteiger partial charge on any atom is -0.454 e. The highest BCUT2D eigenvalue weighted by atomic mass is 16.7. The van der Waals surface area contributed by atoms with Crippen LogP contribution in [0.1, 0.15) is 39.9 Å². The number of aliphatic hydroxyl groups is 2. The summed E-state index contributed by atoms with van der Waals surface area (Å²) in [5.41, 5.74) is 4.93. The Morgan fingerprint density at radius 2 is 1.67 bits per heavy atom. The van der Waals surface area contributed by atoms with Gasteiger partial charge in [0.25, 0.3) is 5.91 Å². The van der Waals surface area contributed by atoms with Crippen molar-refractivity contribution in [3.05, 3.63) is 82.9 Å². The summed E-state index contributed by atoms with van der Waals surface area (Å²) in [6.07, 6.45) is 2.01. The number of aliphatic hydroxyl groups excluding tert-OH is 2. The number of hydrogen-bond acceptors (Lipinski definition) is 6. The summed E-state index contributed by atoms with van der Waals surface area (Å²) >= 11 is 0. The van der Waals surface area contributed by atoms with Gasteiger partial charge in [-0.1, -0.05) is 36.4 Å². The molecule has 1 aliphatic carbocycles. The molecule has 7 heteroatoms. The van der Waals surface area contributed by atoms with Gasteiger partial charge in [-0.05, 0) is 71.8 Å². The van der Waals surface area contributed by atoms with E-state index in [4.69, 9.17) is 9.47 Å². The van der Waals surface area contributed by atoms with Gasteiger partial charge in [-0.15, -0.1) is 0 Å². The van der Waals surface area contributed by atoms with Crippen LogP contribution in [-0.2, 0) is 16.6 Å². The van der Waals surface area contributed by atoms with Gasteiger partial charge in [0, 0.05) is 12.0 Å². The molecular weight excluding hydrogens is 458 g/mol. The third-order valence-electron chi connectivity index (χ3n) is 7.11. The normalized spacial score (nSPS) is 15.1. The number of aryl methyl sites for hydroxylation is 1. The maximum atomic E-state index is 13.4. The molecule has 1 saturated carbocycles. The van der Waals surface area contributed by atoms with E-state index in [1.807, 2.05) is 55.5 Å². The molecule has 0 saturated heterocycles. The van der Waals surface area contributed by atoms with Crippen LogP contribution in [0.4, 0.5) is 0 Å². The maximum Gasteiger partial charge on any atom is 0.251 e. The SMILES string of the molecule is Cc1ccc(CC(=O)C2(c3ccc4c(c3)OCO4)CC2)cc1-c1ccc(C(=O)NC(CO)CO)cc1. The van der Waals surface area contributed by atoms with Gasteiger partial charge in [-0.2, -0.15) is 0 Å². The summed E-state index contributed by atoms with van der Waals surface area (Å²) in [6.45, 7) is 1.56. The third kappa shape index (κ3) is 4.59. The van der Waals surface area contributed by atoms with Gasteiger partial charge in [0.1, 0.15) is 5.78 Å². The first-order valence-electron chi connectivity index (χ1n) is 12.1. The molecule has 5 rings (SSSR count). The highest BCUT2D eigenvalue weighted by Gasteiger charge is 2.50. The van der Waals surface area contributed by atoms with Crippen LogP contribution in [0.5, 0.6) is 11.5 Å². The van der Waals surface area contributed by atoms with Crippen molar-refractivity contribution in [1.82, 2.24) is 5.32 Å². The van der Waals surface area contributed by atoms with Gasteiger partial charge in [0.05, 0.1) is 24.7 Å². The van der Waals surface area contributed by atoms with E-state index in [0.717, 1.165) is 46.4 Å². The summed E-state index contributed by atoms with van der Waals surface area (Å²) < 4.78 is 10.9. The van der Waals surface area contributed by atoms with Crippen LogP contribution in [0.2, 0.25) is 0 Å². The average molecular weight is 488 g/mol. The standard InChI is InChI=1S/C29H29NO6/c1-18-2-3-19(12-24(18)20-4-6-21(7-5-20)28(34)30-23(15-31)16-32)13-27(33)29(10-11-29)22-8-9-25-26(14-22)36-17-35-25/h2-9,12,14,23,31-32H,10-11,13,15-17H2,1H3,(H,30,34). The Balaban J connectivity index is 1.32. The second-order valence-corrected chi connectivity index (χ2v) is 9.51. The zero-order valence-corrected chi connectivity index (χ0v) is 20.1. The molecule has 1 amide bonds. The van der Waals surface area contributed by atoms with E-state index in [0.29, 0.717) is 17.7 Å². The average Bonchev–Trinajstić information content (AvgIpc) is 3.59. The topological polar surface area (TPSA) is 105 Å². The van der Waals surface area contributed by atoms with Crippen molar-refractivity contribution in [1.29, 1.82) is 0 Å². The van der Waals surface area contributed by atoms with E-state index in [9.17, 15) is 19.8 Å². The molecule has 36 heavy (non-hydrogen) atoms. The van der Waals surface area contributed by atoms with Gasteiger partial charge in [0.2, 0.25) is 6.79 Å². The molecule has 1 heterocycles. The highest BCUT2D eigenvalue weighted by molar-refractivity contribution is 5.96. The van der Waals surface area contributed by atoms with E-state index < -0.39 is 11.5 Å². The monoisotopic (exact) mass is 487 g/mol. The summed E-state index contributed by atoms with van der Waals surface area (Å²) in [5, 5.41) is 20.9. The number of rotatable bonds is 9. The molecule has 1 aliphatic heterocycles. The van der Waals surface area contributed by atoms with Crippen LogP contribution >= 0.6 is 0 Å². The van der Waals surface area contributed by atoms with Gasteiger partial charge < -0.3 is 25.0 Å². The van der Waals surface area contributed by atoms with Crippen molar-refractivity contribution in [3.8, 4) is 22.6 Å². The first kappa shape index (κ1) is 24.0. The van der Waals surface area contributed by atoms with E-state index in [1.165, 1.54) is 0 Å². The molecule has 0 aromatic heterocycles. The lowest BCUT2D eigenvalue weighted by molar-refractivity contribution is -0.120. The molecule has 3 N–H and O–H groups in total. The summed E-state index contributed by atoms with van der Waals surface area (Å²) in [6, 6.07) is 18.3. The Morgan fingerprint density at radius 1 is 0.944 bits per heavy atom. The maximum absolute atomic E-state index is 13.4. The Labute approximate surface area is 209 Å². The van der Waals surface area contributed by atoms with Gasteiger partial charge in [0.15, 0.2) is 11.5 Å². The van der Waals surface area contributed by atoms with Crippen molar-refractivity contribution in [2.45, 2.75) is 37.6 Å². The molecule has 186 valence electrons. The van der Waals surface area contributed by atoms with Crippen molar-refractivity contribution < 1.29 is 29.3 Å². The predicted octanol–water partition coefficient (Wildman–Crippen LogP) is 3.32. The lowest BCUT2D eigenvalue weighted by Gasteiger charge is -2.16. The van der Waals surface area contributed by atoms with Crippen LogP contribution < -0.4 is 14.8 Å². The number of fused-ring (bicyclic) bond motifs is 1. The van der Waals surface area contributed by atoms with Crippen LogP contribution in [0.15, 0.2) is 60.7 Å². The first-order chi connectivity index (χ1) is 17.4. The molecule has 3 aromatic carbocycles. The van der Waals surface area contributed by atoms with E-state index >= 15 is 0 Å². The van der Waals surface area contributed by atoms with Gasteiger partial charge >= 0.3 is 0 Å². The van der Waals surface area contributed by atoms with Crippen molar-refractivity contribution in [2.24, 2.45) is 0 Å². The lowest BCUT2D eigenvalue weighted by Crippen LogP contribution is -2.40. The Morgan fingerprint density at radius 3 is 2.36 bits per heavy atom. The Hall–Kier alpha value is -3.68. The van der Waals surface area contributed by atoms with Crippen LogP contribution in [0, 0.1) is 6.92 Å². The number of amides is 1. The third-order valence-corrected chi connectivity index (χ3v) is 7.11. The fourth-order valence-electron chi connectivity index (χ4n) is 4.71. The van der Waals surface area contributed by atoms with E-state index in [-0.39, 0.29) is 31.7 Å². The van der Waals surface area contributed by atoms with Gasteiger partial charge in [-0.3, -0.25) is 9.59 Å². The lowest BCUT2D eigenvalue weighted by atomic mass is 9.87. The smallest absolute Gasteiger partial charge is 0.251 e. The number of Topliss-reactive ketones (excluding diaryl/α,β-unsaturated/α-hetero) is 1. The zero-order chi connectivity index (χ0) is 25.3. The van der Waals surface area contributed by atoms with Crippen molar-refractivity contribution >= 4 is 11.7 Å². The fourth-order valence-corrected chi connectivity index (χ4v) is 4.71. The number of ketones is 1. The number of nitrogens with one attached hydrogen (secondary N) is 1. The second kappa shape index (κ2) is 9.76. The number of benzene rings is 3. The van der Waals surface area contributed by atoms with Crippen molar-refractivity contribution in [3.63, 3.8) is 0 Å². The fraction of sp³-hybridized carbons (Fsp3) is 0.310. The Bertz CT molecular complexity index is 1290.